The molecule has 0 N–H and O–H groups in total. The number of rotatable bonds is 3. The quantitative estimate of drug-likeness (QED) is 0.160. The van der Waals surface area contributed by atoms with E-state index in [-0.39, 0.29) is 0 Å². The van der Waals surface area contributed by atoms with Crippen LogP contribution in [0, 0.1) is 0 Å². The summed E-state index contributed by atoms with van der Waals surface area (Å²) in [5.41, 5.74) is 7.56. The predicted molar refractivity (Wildman–Crippen MR) is 239 cm³/mol. The van der Waals surface area contributed by atoms with Gasteiger partial charge in [-0.15, -0.1) is 22.7 Å². The first kappa shape index (κ1) is 30.2. The number of hydrogen-bond acceptors (Lipinski definition) is 2. The molecule has 0 aliphatic carbocycles. The lowest BCUT2D eigenvalue weighted by atomic mass is 9.84. The van der Waals surface area contributed by atoms with Crippen LogP contribution in [0.3, 0.4) is 0 Å². The van der Waals surface area contributed by atoms with Crippen molar-refractivity contribution in [2.75, 3.05) is 0 Å². The molecule has 0 nitrogen and oxygen atoms in total. The lowest BCUT2D eigenvalue weighted by Crippen LogP contribution is -1.91. The molecule has 2 heterocycles. The molecule has 54 heavy (non-hydrogen) atoms. The van der Waals surface area contributed by atoms with Gasteiger partial charge in [0.05, 0.1) is 0 Å². The lowest BCUT2D eigenvalue weighted by Gasteiger charge is -2.19. The molecule has 0 aliphatic rings. The second kappa shape index (κ2) is 11.6. The molecule has 0 radical (unpaired) electrons. The van der Waals surface area contributed by atoms with Gasteiger partial charge in [0.2, 0.25) is 0 Å². The average Bonchev–Trinajstić information content (AvgIpc) is 3.77. The van der Waals surface area contributed by atoms with E-state index in [0.717, 1.165) is 0 Å². The van der Waals surface area contributed by atoms with Crippen molar-refractivity contribution in [2.24, 2.45) is 0 Å². The molecule has 0 saturated carbocycles. The van der Waals surface area contributed by atoms with Gasteiger partial charge in [0.15, 0.2) is 0 Å². The van der Waals surface area contributed by atoms with Gasteiger partial charge >= 0.3 is 0 Å². The minimum absolute atomic E-state index is 1.23. The summed E-state index contributed by atoms with van der Waals surface area (Å²) < 4.78 is 5.43. The smallest absolute Gasteiger partial charge is 0.0369 e. The highest BCUT2D eigenvalue weighted by Gasteiger charge is 2.18. The van der Waals surface area contributed by atoms with E-state index >= 15 is 0 Å². The third-order valence-corrected chi connectivity index (χ3v) is 13.7. The van der Waals surface area contributed by atoms with E-state index in [9.17, 15) is 0 Å². The largest absolute Gasteiger partial charge is 0.135 e. The second-order valence-corrected chi connectivity index (χ2v) is 16.6. The minimum Gasteiger partial charge on any atom is -0.135 e. The first-order valence-corrected chi connectivity index (χ1v) is 20.1. The number of benzene rings is 10. The Labute approximate surface area is 319 Å². The molecule has 10 aromatic carbocycles. The Morgan fingerprint density at radius 2 is 0.778 bits per heavy atom. The number of hydrogen-bond donors (Lipinski definition) is 0. The highest BCUT2D eigenvalue weighted by molar-refractivity contribution is 7.28. The van der Waals surface area contributed by atoms with Crippen molar-refractivity contribution in [3.05, 3.63) is 182 Å². The Hall–Kier alpha value is -6.32. The molecule has 12 aromatic rings. The topological polar surface area (TPSA) is 0 Å². The molecular formula is C52H30S2. The van der Waals surface area contributed by atoms with Gasteiger partial charge in [0.25, 0.3) is 0 Å². The third kappa shape index (κ3) is 4.48. The van der Waals surface area contributed by atoms with E-state index in [0.29, 0.717) is 0 Å². The van der Waals surface area contributed by atoms with Gasteiger partial charge in [0, 0.05) is 40.3 Å². The molecule has 12 rings (SSSR count). The normalized spacial score (nSPS) is 12.1. The van der Waals surface area contributed by atoms with Gasteiger partial charge in [-0.05, 0) is 113 Å². The second-order valence-electron chi connectivity index (χ2n) is 14.4. The van der Waals surface area contributed by atoms with E-state index in [1.54, 1.807) is 0 Å². The monoisotopic (exact) mass is 718 g/mol. The molecule has 0 spiro atoms. The van der Waals surface area contributed by atoms with E-state index < -0.39 is 0 Å². The first-order chi connectivity index (χ1) is 26.7. The maximum absolute atomic E-state index is 2.42. The fourth-order valence-electron chi connectivity index (χ4n) is 8.92. The Balaban J connectivity index is 0.973. The zero-order valence-corrected chi connectivity index (χ0v) is 30.8. The van der Waals surface area contributed by atoms with Gasteiger partial charge < -0.3 is 0 Å². The summed E-state index contributed by atoms with van der Waals surface area (Å²) in [6.07, 6.45) is 0. The lowest BCUT2D eigenvalue weighted by molar-refractivity contribution is 1.63. The average molecular weight is 719 g/mol. The maximum atomic E-state index is 2.42. The van der Waals surface area contributed by atoms with Crippen molar-refractivity contribution in [1.29, 1.82) is 0 Å². The van der Waals surface area contributed by atoms with Crippen LogP contribution in [0.2, 0.25) is 0 Å². The van der Waals surface area contributed by atoms with E-state index in [1.807, 2.05) is 22.7 Å². The Morgan fingerprint density at radius 3 is 1.54 bits per heavy atom. The van der Waals surface area contributed by atoms with Crippen molar-refractivity contribution in [3.63, 3.8) is 0 Å². The first-order valence-electron chi connectivity index (χ1n) is 18.5. The van der Waals surface area contributed by atoms with Gasteiger partial charge in [0.1, 0.15) is 0 Å². The van der Waals surface area contributed by atoms with Gasteiger partial charge in [-0.25, -0.2) is 0 Å². The molecule has 0 fully saturated rings. The molecule has 0 unspecified atom stereocenters. The van der Waals surface area contributed by atoms with Crippen LogP contribution in [-0.4, -0.2) is 0 Å². The van der Waals surface area contributed by atoms with Gasteiger partial charge in [-0.2, -0.15) is 0 Å². The third-order valence-electron chi connectivity index (χ3n) is 11.4. The maximum Gasteiger partial charge on any atom is 0.0369 e. The SMILES string of the molecule is c1ccc2c(-c3c4ccccc4c(-c4ccc(-c5ccc6cc7c(cc6c5)sc5cc6sc8ccccc8c6cc57)cc4)c4ccccc34)cccc2c1. The summed E-state index contributed by atoms with van der Waals surface area (Å²) in [5.74, 6) is 0. The molecule has 0 amide bonds. The fourth-order valence-corrected chi connectivity index (χ4v) is 11.3. The summed E-state index contributed by atoms with van der Waals surface area (Å²) in [6.45, 7) is 0. The van der Waals surface area contributed by atoms with Crippen LogP contribution in [0.5, 0.6) is 0 Å². The van der Waals surface area contributed by atoms with Crippen molar-refractivity contribution >= 4 is 106 Å². The van der Waals surface area contributed by atoms with Crippen molar-refractivity contribution < 1.29 is 0 Å². The summed E-state index contributed by atoms with van der Waals surface area (Å²) >= 11 is 3.81. The highest BCUT2D eigenvalue weighted by atomic mass is 32.1. The van der Waals surface area contributed by atoms with Crippen molar-refractivity contribution in [1.82, 2.24) is 0 Å². The molecule has 2 aromatic heterocycles. The number of fused-ring (bicyclic) bond motifs is 10. The fraction of sp³-hybridized carbons (Fsp3) is 0. The Bertz CT molecular complexity index is 3430. The molecule has 0 aliphatic heterocycles. The van der Waals surface area contributed by atoms with Crippen molar-refractivity contribution in [3.8, 4) is 33.4 Å². The molecular weight excluding hydrogens is 689 g/mol. The van der Waals surface area contributed by atoms with Crippen LogP contribution in [0.1, 0.15) is 0 Å². The molecule has 2 heteroatoms. The predicted octanol–water partition coefficient (Wildman–Crippen LogP) is 16.0. The standard InChI is InChI=1S/C52H30S2/c1-2-12-37-32(10-1)11-9-18-39(37)52-42-16-5-3-14-40(42)51(41-15-4-6-17-43(41)52)33-22-20-31(21-23-33)34-24-25-35-27-44-46-29-45-38-13-7-8-19-47(38)53-49(45)30-50(46)54-48(44)28-36(35)26-34/h1-30H. The molecule has 0 bridgehead atoms. The summed E-state index contributed by atoms with van der Waals surface area (Å²) in [7, 11) is 0. The van der Waals surface area contributed by atoms with Crippen molar-refractivity contribution in [2.45, 2.75) is 0 Å². The zero-order chi connectivity index (χ0) is 35.3. The van der Waals surface area contributed by atoms with Crippen LogP contribution in [0.4, 0.5) is 0 Å². The minimum atomic E-state index is 1.23. The van der Waals surface area contributed by atoms with Crippen LogP contribution in [0.25, 0.3) is 117 Å². The van der Waals surface area contributed by atoms with E-state index in [1.165, 1.54) is 117 Å². The Morgan fingerprint density at radius 1 is 0.241 bits per heavy atom. The summed E-state index contributed by atoms with van der Waals surface area (Å²) in [5, 5.41) is 15.6. The summed E-state index contributed by atoms with van der Waals surface area (Å²) in [4.78, 5) is 0. The highest BCUT2D eigenvalue weighted by Crippen LogP contribution is 2.46. The van der Waals surface area contributed by atoms with Gasteiger partial charge in [-0.1, -0.05) is 146 Å². The summed E-state index contributed by atoms with van der Waals surface area (Å²) in [6, 6.07) is 67.9. The molecule has 250 valence electrons. The molecule has 0 atom stereocenters. The van der Waals surface area contributed by atoms with Crippen LogP contribution >= 0.6 is 22.7 Å². The van der Waals surface area contributed by atoms with Gasteiger partial charge in [-0.3, -0.25) is 0 Å². The Kier molecular flexibility index (Phi) is 6.48. The van der Waals surface area contributed by atoms with Crippen LogP contribution in [-0.2, 0) is 0 Å². The number of thiophene rings is 2. The molecule has 0 saturated heterocycles. The van der Waals surface area contributed by atoms with Crippen LogP contribution < -0.4 is 0 Å². The van der Waals surface area contributed by atoms with E-state index in [2.05, 4.69) is 182 Å². The zero-order valence-electron chi connectivity index (χ0n) is 29.1. The van der Waals surface area contributed by atoms with Crippen LogP contribution in [0.15, 0.2) is 182 Å². The van der Waals surface area contributed by atoms with E-state index in [4.69, 9.17) is 0 Å².